The average molecular weight is 398 g/mol. The number of benzene rings is 3. The largest absolute Gasteiger partial charge is 0.493 e. The molecule has 0 unspecified atom stereocenters. The average Bonchev–Trinajstić information content (AvgIpc) is 2.73. The fraction of sp³-hybridized carbons (Fsp3) is 0.136. The van der Waals surface area contributed by atoms with E-state index in [9.17, 15) is 4.79 Å². The number of anilines is 1. The van der Waals surface area contributed by atoms with Crippen LogP contribution in [0.25, 0.3) is 0 Å². The van der Waals surface area contributed by atoms with Crippen molar-refractivity contribution < 1.29 is 19.0 Å². The molecule has 0 bridgehead atoms. The highest BCUT2D eigenvalue weighted by Gasteiger charge is 2.09. The number of hydrogen-bond acceptors (Lipinski definition) is 4. The van der Waals surface area contributed by atoms with Gasteiger partial charge in [-0.25, -0.2) is 0 Å². The number of methoxy groups -OCH3 is 2. The van der Waals surface area contributed by atoms with Gasteiger partial charge in [0.15, 0.2) is 11.5 Å². The predicted molar refractivity (Wildman–Crippen MR) is 110 cm³/mol. The molecule has 3 rings (SSSR count). The lowest BCUT2D eigenvalue weighted by Gasteiger charge is -2.11. The number of halogens is 1. The van der Waals surface area contributed by atoms with Crippen LogP contribution in [-0.4, -0.2) is 20.1 Å². The number of amides is 1. The maximum Gasteiger partial charge on any atom is 0.255 e. The minimum absolute atomic E-state index is 0.211. The predicted octanol–water partition coefficient (Wildman–Crippen LogP) is 5.19. The first-order valence-electron chi connectivity index (χ1n) is 8.59. The van der Waals surface area contributed by atoms with Crippen LogP contribution < -0.4 is 19.5 Å². The van der Waals surface area contributed by atoms with Gasteiger partial charge in [-0.1, -0.05) is 23.7 Å². The third-order valence-electron chi connectivity index (χ3n) is 4.08. The van der Waals surface area contributed by atoms with Crippen LogP contribution in [0.5, 0.6) is 17.2 Å². The highest BCUT2D eigenvalue weighted by atomic mass is 35.5. The lowest BCUT2D eigenvalue weighted by molar-refractivity contribution is 0.102. The maximum absolute atomic E-state index is 12.5. The first kappa shape index (κ1) is 19.6. The van der Waals surface area contributed by atoms with Crippen molar-refractivity contribution >= 4 is 23.2 Å². The Labute approximate surface area is 168 Å². The Morgan fingerprint density at radius 1 is 0.893 bits per heavy atom. The number of nitrogens with one attached hydrogen (secondary N) is 1. The summed E-state index contributed by atoms with van der Waals surface area (Å²) in [5.74, 6) is 1.68. The van der Waals surface area contributed by atoms with Crippen molar-refractivity contribution in [1.29, 1.82) is 0 Å². The minimum atomic E-state index is -0.211. The van der Waals surface area contributed by atoms with E-state index in [4.69, 9.17) is 25.8 Å². The van der Waals surface area contributed by atoms with E-state index in [1.165, 1.54) is 0 Å². The lowest BCUT2D eigenvalue weighted by atomic mass is 10.1. The zero-order valence-electron chi connectivity index (χ0n) is 15.6. The van der Waals surface area contributed by atoms with Crippen molar-refractivity contribution in [3.8, 4) is 17.2 Å². The normalized spacial score (nSPS) is 10.2. The van der Waals surface area contributed by atoms with Gasteiger partial charge in [-0.15, -0.1) is 0 Å². The molecule has 0 heterocycles. The van der Waals surface area contributed by atoms with Crippen LogP contribution in [-0.2, 0) is 6.61 Å². The van der Waals surface area contributed by atoms with Gasteiger partial charge < -0.3 is 19.5 Å². The van der Waals surface area contributed by atoms with Crippen LogP contribution in [0.3, 0.4) is 0 Å². The molecule has 28 heavy (non-hydrogen) atoms. The van der Waals surface area contributed by atoms with E-state index in [-0.39, 0.29) is 5.91 Å². The van der Waals surface area contributed by atoms with Crippen molar-refractivity contribution in [2.24, 2.45) is 0 Å². The Morgan fingerprint density at radius 3 is 2.21 bits per heavy atom. The van der Waals surface area contributed by atoms with Gasteiger partial charge in [-0.3, -0.25) is 4.79 Å². The van der Waals surface area contributed by atoms with E-state index in [0.29, 0.717) is 34.4 Å². The topological polar surface area (TPSA) is 56.8 Å². The molecular formula is C22H20ClNO4. The second-order valence-electron chi connectivity index (χ2n) is 5.96. The Morgan fingerprint density at radius 2 is 1.57 bits per heavy atom. The van der Waals surface area contributed by atoms with Gasteiger partial charge in [0.2, 0.25) is 0 Å². The van der Waals surface area contributed by atoms with Crippen molar-refractivity contribution in [3.05, 3.63) is 82.9 Å². The summed E-state index contributed by atoms with van der Waals surface area (Å²) in [5.41, 5.74) is 2.13. The summed E-state index contributed by atoms with van der Waals surface area (Å²) < 4.78 is 16.2. The van der Waals surface area contributed by atoms with Gasteiger partial charge >= 0.3 is 0 Å². The summed E-state index contributed by atoms with van der Waals surface area (Å²) in [5, 5.41) is 3.51. The molecular weight excluding hydrogens is 378 g/mol. The van der Waals surface area contributed by atoms with Crippen molar-refractivity contribution in [2.45, 2.75) is 6.61 Å². The molecule has 0 aliphatic heterocycles. The summed E-state index contributed by atoms with van der Waals surface area (Å²) in [6.07, 6.45) is 0. The molecule has 5 nitrogen and oxygen atoms in total. The molecule has 0 spiro atoms. The van der Waals surface area contributed by atoms with Crippen LogP contribution in [0.1, 0.15) is 15.9 Å². The van der Waals surface area contributed by atoms with Crippen molar-refractivity contribution in [3.63, 3.8) is 0 Å². The molecule has 1 N–H and O–H groups in total. The molecule has 0 radical (unpaired) electrons. The summed E-state index contributed by atoms with van der Waals surface area (Å²) in [7, 11) is 3.11. The van der Waals surface area contributed by atoms with E-state index in [0.717, 1.165) is 11.3 Å². The Kier molecular flexibility index (Phi) is 6.40. The molecule has 6 heteroatoms. The van der Waals surface area contributed by atoms with E-state index >= 15 is 0 Å². The zero-order chi connectivity index (χ0) is 19.9. The number of carbonyl (C=O) groups excluding carboxylic acids is 1. The Balaban J connectivity index is 1.61. The van der Waals surface area contributed by atoms with Crippen molar-refractivity contribution in [2.75, 3.05) is 19.5 Å². The number of ether oxygens (including phenoxy) is 3. The monoisotopic (exact) mass is 397 g/mol. The first-order valence-corrected chi connectivity index (χ1v) is 8.97. The van der Waals surface area contributed by atoms with Gasteiger partial charge in [-0.05, 0) is 54.1 Å². The third-order valence-corrected chi connectivity index (χ3v) is 4.33. The quantitative estimate of drug-likeness (QED) is 0.596. The standard InChI is InChI=1S/C22H20ClNO4/c1-26-20-12-9-18(13-21(20)27-2)24-22(25)16-5-3-15(4-6-16)14-28-19-10-7-17(23)8-11-19/h3-13H,14H2,1-2H3,(H,24,25). The van der Waals surface area contributed by atoms with Gasteiger partial charge in [0.25, 0.3) is 5.91 Å². The van der Waals surface area contributed by atoms with Crippen LogP contribution in [0.4, 0.5) is 5.69 Å². The molecule has 0 aromatic heterocycles. The SMILES string of the molecule is COc1ccc(NC(=O)c2ccc(COc3ccc(Cl)cc3)cc2)cc1OC. The minimum Gasteiger partial charge on any atom is -0.493 e. The second-order valence-corrected chi connectivity index (χ2v) is 6.40. The smallest absolute Gasteiger partial charge is 0.255 e. The molecule has 3 aromatic carbocycles. The van der Waals surface area contributed by atoms with Gasteiger partial charge in [0.1, 0.15) is 12.4 Å². The third kappa shape index (κ3) is 4.96. The number of rotatable bonds is 7. The van der Waals surface area contributed by atoms with E-state index in [1.807, 2.05) is 24.3 Å². The molecule has 144 valence electrons. The molecule has 0 saturated carbocycles. The van der Waals surface area contributed by atoms with E-state index in [1.54, 1.807) is 56.7 Å². The van der Waals surface area contributed by atoms with E-state index in [2.05, 4.69) is 5.32 Å². The number of hydrogen-bond donors (Lipinski definition) is 1. The zero-order valence-corrected chi connectivity index (χ0v) is 16.3. The van der Waals surface area contributed by atoms with Gasteiger partial charge in [-0.2, -0.15) is 0 Å². The fourth-order valence-corrected chi connectivity index (χ4v) is 2.69. The fourth-order valence-electron chi connectivity index (χ4n) is 2.57. The van der Waals surface area contributed by atoms with Crippen LogP contribution in [0.15, 0.2) is 66.7 Å². The molecule has 0 saturated heterocycles. The highest BCUT2D eigenvalue weighted by Crippen LogP contribution is 2.30. The maximum atomic E-state index is 12.5. The molecule has 0 fully saturated rings. The van der Waals surface area contributed by atoms with Crippen molar-refractivity contribution in [1.82, 2.24) is 0 Å². The summed E-state index contributed by atoms with van der Waals surface area (Å²) in [4.78, 5) is 12.5. The lowest BCUT2D eigenvalue weighted by Crippen LogP contribution is -2.12. The molecule has 3 aromatic rings. The van der Waals surface area contributed by atoms with Gasteiger partial charge in [0, 0.05) is 22.3 Å². The molecule has 0 aliphatic carbocycles. The van der Waals surface area contributed by atoms with Gasteiger partial charge in [0.05, 0.1) is 14.2 Å². The summed E-state index contributed by atoms with van der Waals surface area (Å²) >= 11 is 5.86. The second kappa shape index (κ2) is 9.15. The Bertz CT molecular complexity index is 940. The summed E-state index contributed by atoms with van der Waals surface area (Å²) in [6, 6.07) is 19.6. The van der Waals surface area contributed by atoms with Crippen LogP contribution >= 0.6 is 11.6 Å². The number of carbonyl (C=O) groups is 1. The van der Waals surface area contributed by atoms with E-state index < -0.39 is 0 Å². The van der Waals surface area contributed by atoms with Crippen LogP contribution in [0, 0.1) is 0 Å². The molecule has 0 atom stereocenters. The Hall–Kier alpha value is -3.18. The summed E-state index contributed by atoms with van der Waals surface area (Å²) in [6.45, 7) is 0.402. The first-order chi connectivity index (χ1) is 13.6. The van der Waals surface area contributed by atoms with Crippen LogP contribution in [0.2, 0.25) is 5.02 Å². The molecule has 1 amide bonds. The molecule has 0 aliphatic rings. The highest BCUT2D eigenvalue weighted by molar-refractivity contribution is 6.30.